The Morgan fingerprint density at radius 1 is 1.47 bits per heavy atom. The fourth-order valence-electron chi connectivity index (χ4n) is 3.10. The molecule has 1 saturated carbocycles. The standard InChI is InChI=1S/C11H18O3S/c1-10(14)6-11(7-10,9(12)13)8-3-2-4-15-5-8/h8,14H,2-7H2,1H3,(H,12,13). The van der Waals surface area contributed by atoms with Gasteiger partial charge in [-0.05, 0) is 50.0 Å². The van der Waals surface area contributed by atoms with Crippen LogP contribution in [0.3, 0.4) is 0 Å². The molecule has 2 N–H and O–H groups in total. The molecule has 1 aliphatic heterocycles. The van der Waals surface area contributed by atoms with Crippen LogP contribution in [0.5, 0.6) is 0 Å². The molecular formula is C11H18O3S. The van der Waals surface area contributed by atoms with Crippen molar-refractivity contribution in [3.05, 3.63) is 0 Å². The highest BCUT2D eigenvalue weighted by Crippen LogP contribution is 2.56. The summed E-state index contributed by atoms with van der Waals surface area (Å²) in [5.74, 6) is 1.65. The van der Waals surface area contributed by atoms with E-state index in [4.69, 9.17) is 0 Å². The first-order valence-electron chi connectivity index (χ1n) is 5.50. The predicted molar refractivity (Wildman–Crippen MR) is 60.0 cm³/mol. The van der Waals surface area contributed by atoms with Crippen molar-refractivity contribution in [2.45, 2.75) is 38.2 Å². The maximum absolute atomic E-state index is 11.4. The first-order valence-corrected chi connectivity index (χ1v) is 6.65. The SMILES string of the molecule is CC1(O)CC(C(=O)O)(C2CCCSC2)C1. The number of hydrogen-bond donors (Lipinski definition) is 2. The number of carboxylic acids is 1. The molecule has 15 heavy (non-hydrogen) atoms. The summed E-state index contributed by atoms with van der Waals surface area (Å²) in [6, 6.07) is 0. The van der Waals surface area contributed by atoms with E-state index in [1.54, 1.807) is 6.92 Å². The average molecular weight is 230 g/mol. The van der Waals surface area contributed by atoms with Crippen molar-refractivity contribution in [1.82, 2.24) is 0 Å². The van der Waals surface area contributed by atoms with Gasteiger partial charge in [0.1, 0.15) is 0 Å². The van der Waals surface area contributed by atoms with Crippen molar-refractivity contribution in [2.24, 2.45) is 11.3 Å². The van der Waals surface area contributed by atoms with E-state index in [1.165, 1.54) is 0 Å². The second kappa shape index (κ2) is 3.67. The Bertz CT molecular complexity index is 261. The number of hydrogen-bond acceptors (Lipinski definition) is 3. The molecule has 3 nitrogen and oxygen atoms in total. The van der Waals surface area contributed by atoms with E-state index in [-0.39, 0.29) is 5.92 Å². The fraction of sp³-hybridized carbons (Fsp3) is 0.909. The van der Waals surface area contributed by atoms with Crippen LogP contribution in [0.2, 0.25) is 0 Å². The maximum atomic E-state index is 11.4. The third kappa shape index (κ3) is 1.89. The number of rotatable bonds is 2. The van der Waals surface area contributed by atoms with Crippen LogP contribution in [0, 0.1) is 11.3 Å². The molecule has 0 radical (unpaired) electrons. The van der Waals surface area contributed by atoms with Gasteiger partial charge in [-0.15, -0.1) is 0 Å². The van der Waals surface area contributed by atoms with E-state index in [9.17, 15) is 15.0 Å². The second-order valence-electron chi connectivity index (χ2n) is 5.23. The predicted octanol–water partition coefficient (Wildman–Crippen LogP) is 1.75. The molecule has 86 valence electrons. The van der Waals surface area contributed by atoms with Crippen molar-refractivity contribution in [3.63, 3.8) is 0 Å². The van der Waals surface area contributed by atoms with Crippen LogP contribution in [-0.4, -0.2) is 33.3 Å². The van der Waals surface area contributed by atoms with E-state index in [2.05, 4.69) is 0 Å². The summed E-state index contributed by atoms with van der Waals surface area (Å²) in [6.07, 6.45) is 2.99. The van der Waals surface area contributed by atoms with E-state index in [0.717, 1.165) is 24.3 Å². The van der Waals surface area contributed by atoms with E-state index >= 15 is 0 Å². The minimum atomic E-state index is -0.750. The molecule has 2 rings (SSSR count). The van der Waals surface area contributed by atoms with E-state index in [1.807, 2.05) is 11.8 Å². The Labute approximate surface area is 94.3 Å². The highest BCUT2D eigenvalue weighted by molar-refractivity contribution is 7.99. The zero-order chi connectivity index (χ0) is 11.1. The van der Waals surface area contributed by atoms with Gasteiger partial charge in [0.15, 0.2) is 0 Å². The Morgan fingerprint density at radius 3 is 2.53 bits per heavy atom. The molecular weight excluding hydrogens is 212 g/mol. The molecule has 4 heteroatoms. The zero-order valence-corrected chi connectivity index (χ0v) is 9.85. The smallest absolute Gasteiger partial charge is 0.310 e. The van der Waals surface area contributed by atoms with Gasteiger partial charge in [0, 0.05) is 0 Å². The van der Waals surface area contributed by atoms with Gasteiger partial charge in [-0.3, -0.25) is 4.79 Å². The van der Waals surface area contributed by atoms with Crippen LogP contribution in [0.25, 0.3) is 0 Å². The molecule has 1 heterocycles. The van der Waals surface area contributed by atoms with Crippen LogP contribution in [0.4, 0.5) is 0 Å². The molecule has 2 fully saturated rings. The summed E-state index contributed by atoms with van der Waals surface area (Å²) in [5.41, 5.74) is -1.38. The largest absolute Gasteiger partial charge is 0.481 e. The first kappa shape index (κ1) is 11.3. The number of carbonyl (C=O) groups is 1. The second-order valence-corrected chi connectivity index (χ2v) is 6.38. The summed E-state index contributed by atoms with van der Waals surface area (Å²) < 4.78 is 0. The molecule has 0 amide bonds. The lowest BCUT2D eigenvalue weighted by atomic mass is 9.53. The number of aliphatic carboxylic acids is 1. The van der Waals surface area contributed by atoms with E-state index < -0.39 is 17.0 Å². The van der Waals surface area contributed by atoms with Gasteiger partial charge in [0.2, 0.25) is 0 Å². The minimum absolute atomic E-state index is 0.258. The van der Waals surface area contributed by atoms with Crippen molar-refractivity contribution in [1.29, 1.82) is 0 Å². The molecule has 0 aromatic heterocycles. The summed E-state index contributed by atoms with van der Waals surface area (Å²) in [7, 11) is 0. The minimum Gasteiger partial charge on any atom is -0.481 e. The van der Waals surface area contributed by atoms with Gasteiger partial charge in [0.25, 0.3) is 0 Å². The Kier molecular flexibility index (Phi) is 2.75. The lowest BCUT2D eigenvalue weighted by Crippen LogP contribution is -2.58. The summed E-state index contributed by atoms with van der Waals surface area (Å²) in [6.45, 7) is 1.74. The molecule has 1 unspecified atom stereocenters. The first-order chi connectivity index (χ1) is 6.96. The monoisotopic (exact) mass is 230 g/mol. The fourth-order valence-corrected chi connectivity index (χ4v) is 4.41. The Hall–Kier alpha value is -0.220. The lowest BCUT2D eigenvalue weighted by molar-refractivity contribution is -0.187. The maximum Gasteiger partial charge on any atom is 0.310 e. The van der Waals surface area contributed by atoms with Crippen LogP contribution < -0.4 is 0 Å². The number of thioether (sulfide) groups is 1. The highest BCUT2D eigenvalue weighted by atomic mass is 32.2. The molecule has 0 spiro atoms. The molecule has 0 aromatic rings. The Balaban J connectivity index is 2.10. The number of carboxylic acid groups (broad SMARTS) is 1. The van der Waals surface area contributed by atoms with E-state index in [0.29, 0.717) is 12.8 Å². The molecule has 2 aliphatic rings. The summed E-state index contributed by atoms with van der Waals surface area (Å²) >= 11 is 1.85. The third-order valence-electron chi connectivity index (χ3n) is 3.76. The molecule has 0 bridgehead atoms. The van der Waals surface area contributed by atoms with Crippen LogP contribution in [0.15, 0.2) is 0 Å². The van der Waals surface area contributed by atoms with Gasteiger partial charge in [0.05, 0.1) is 11.0 Å². The van der Waals surface area contributed by atoms with Crippen LogP contribution in [-0.2, 0) is 4.79 Å². The van der Waals surface area contributed by atoms with Gasteiger partial charge >= 0.3 is 5.97 Å². The van der Waals surface area contributed by atoms with Gasteiger partial charge in [-0.2, -0.15) is 11.8 Å². The third-order valence-corrected chi connectivity index (χ3v) is 4.98. The van der Waals surface area contributed by atoms with Crippen LogP contribution >= 0.6 is 11.8 Å². The van der Waals surface area contributed by atoms with Gasteiger partial charge in [-0.1, -0.05) is 0 Å². The highest BCUT2D eigenvalue weighted by Gasteiger charge is 2.60. The van der Waals surface area contributed by atoms with Crippen molar-refractivity contribution in [3.8, 4) is 0 Å². The van der Waals surface area contributed by atoms with Crippen molar-refractivity contribution in [2.75, 3.05) is 11.5 Å². The van der Waals surface area contributed by atoms with Crippen molar-refractivity contribution < 1.29 is 15.0 Å². The normalized spacial score (nSPS) is 45.9. The summed E-state index contributed by atoms with van der Waals surface area (Å²) in [5, 5.41) is 19.1. The number of aliphatic hydroxyl groups is 1. The average Bonchev–Trinajstić information content (AvgIpc) is 2.14. The molecule has 0 aromatic carbocycles. The summed E-state index contributed by atoms with van der Waals surface area (Å²) in [4.78, 5) is 11.4. The quantitative estimate of drug-likeness (QED) is 0.758. The zero-order valence-electron chi connectivity index (χ0n) is 9.03. The molecule has 1 aliphatic carbocycles. The Morgan fingerprint density at radius 2 is 2.13 bits per heavy atom. The molecule has 1 saturated heterocycles. The van der Waals surface area contributed by atoms with Gasteiger partial charge in [-0.25, -0.2) is 0 Å². The topological polar surface area (TPSA) is 57.5 Å². The van der Waals surface area contributed by atoms with Crippen molar-refractivity contribution >= 4 is 17.7 Å². The van der Waals surface area contributed by atoms with Gasteiger partial charge < -0.3 is 10.2 Å². The molecule has 1 atom stereocenters. The van der Waals surface area contributed by atoms with Crippen LogP contribution in [0.1, 0.15) is 32.6 Å². The lowest BCUT2D eigenvalue weighted by Gasteiger charge is -2.53.